The van der Waals surface area contributed by atoms with Crippen molar-refractivity contribution < 1.29 is 14.0 Å². The van der Waals surface area contributed by atoms with Crippen molar-refractivity contribution in [3.05, 3.63) is 65.1 Å². The lowest BCUT2D eigenvalue weighted by Crippen LogP contribution is -2.47. The van der Waals surface area contributed by atoms with Gasteiger partial charge >= 0.3 is 0 Å². The Morgan fingerprint density at radius 3 is 2.74 bits per heavy atom. The van der Waals surface area contributed by atoms with Crippen LogP contribution >= 0.6 is 0 Å². The second-order valence-corrected chi connectivity index (χ2v) is 8.99. The molecule has 1 aliphatic rings. The Labute approximate surface area is 207 Å². The summed E-state index contributed by atoms with van der Waals surface area (Å²) in [4.78, 5) is 31.1. The molecule has 1 aliphatic heterocycles. The topological polar surface area (TPSA) is 87.5 Å². The average Bonchev–Trinajstić information content (AvgIpc) is 3.14. The van der Waals surface area contributed by atoms with Gasteiger partial charge in [-0.2, -0.15) is 0 Å². The fourth-order valence-corrected chi connectivity index (χ4v) is 3.92. The van der Waals surface area contributed by atoms with E-state index in [1.165, 1.54) is 11.6 Å². The van der Waals surface area contributed by atoms with Gasteiger partial charge in [0.05, 0.1) is 12.1 Å². The maximum Gasteiger partial charge on any atom is 0.246 e. The van der Waals surface area contributed by atoms with E-state index in [-0.39, 0.29) is 11.8 Å². The van der Waals surface area contributed by atoms with E-state index in [2.05, 4.69) is 28.6 Å². The van der Waals surface area contributed by atoms with Crippen molar-refractivity contribution in [3.63, 3.8) is 0 Å². The van der Waals surface area contributed by atoms with Gasteiger partial charge in [0.25, 0.3) is 0 Å². The van der Waals surface area contributed by atoms with E-state index in [9.17, 15) is 9.59 Å². The van der Waals surface area contributed by atoms with Crippen molar-refractivity contribution in [2.24, 2.45) is 0 Å². The fraction of sp³-hybridized carbons (Fsp3) is 0.393. The Balaban J connectivity index is 0.00000167. The Hall–Kier alpha value is -3.45. The Morgan fingerprint density at radius 1 is 1.26 bits per heavy atom. The fourth-order valence-electron chi connectivity index (χ4n) is 3.92. The number of amides is 2. The smallest absolute Gasteiger partial charge is 0.246 e. The van der Waals surface area contributed by atoms with E-state index >= 15 is 0 Å². The number of anilines is 1. The summed E-state index contributed by atoms with van der Waals surface area (Å²) in [6.45, 7) is 10.7. The van der Waals surface area contributed by atoms with Crippen LogP contribution in [-0.2, 0) is 29.1 Å². The van der Waals surface area contributed by atoms with Crippen molar-refractivity contribution in [2.75, 3.05) is 12.4 Å². The number of hydrogen-bond donors (Lipinski definition) is 2. The molecule has 2 aromatic heterocycles. The number of furan rings is 1. The SMILES string of the molecule is CC.CCCc1c(CN(C)C(=O)/C=C/c2cnc3c(c2)CNC(C)(C)C(=O)N3)oc2ccccc12. The Morgan fingerprint density at radius 2 is 2.00 bits per heavy atom. The van der Waals surface area contributed by atoms with Gasteiger partial charge in [0.15, 0.2) is 0 Å². The first kappa shape index (κ1) is 26.2. The summed E-state index contributed by atoms with van der Waals surface area (Å²) >= 11 is 0. The van der Waals surface area contributed by atoms with Crippen molar-refractivity contribution >= 4 is 34.7 Å². The number of carbonyl (C=O) groups is 2. The van der Waals surface area contributed by atoms with E-state index in [0.717, 1.165) is 40.7 Å². The molecule has 0 atom stereocenters. The summed E-state index contributed by atoms with van der Waals surface area (Å²) in [5.74, 6) is 1.13. The maximum atomic E-state index is 12.8. The number of likely N-dealkylation sites (N-methyl/N-ethyl adjacent to an activating group) is 1. The van der Waals surface area contributed by atoms with Crippen LogP contribution in [0.1, 0.15) is 63.5 Å². The number of nitrogens with zero attached hydrogens (tertiary/aromatic N) is 2. The number of carbonyl (C=O) groups excluding carboxylic acids is 2. The summed E-state index contributed by atoms with van der Waals surface area (Å²) in [6, 6.07) is 9.93. The van der Waals surface area contributed by atoms with Gasteiger partial charge in [-0.25, -0.2) is 4.98 Å². The lowest BCUT2D eigenvalue weighted by Gasteiger charge is -2.21. The summed E-state index contributed by atoms with van der Waals surface area (Å²) in [7, 11) is 1.77. The molecular formula is C28H36N4O3. The second-order valence-electron chi connectivity index (χ2n) is 8.99. The van der Waals surface area contributed by atoms with Crippen LogP contribution in [0.4, 0.5) is 5.82 Å². The number of aromatic nitrogens is 1. The third-order valence-corrected chi connectivity index (χ3v) is 5.97. The zero-order chi connectivity index (χ0) is 25.6. The number of rotatable bonds is 6. The predicted molar refractivity (Wildman–Crippen MR) is 141 cm³/mol. The van der Waals surface area contributed by atoms with Gasteiger partial charge in [-0.1, -0.05) is 45.4 Å². The number of hydrogen-bond acceptors (Lipinski definition) is 5. The standard InChI is InChI=1S/C26H30N4O3.C2H6/c1-5-8-19-20-9-6-7-10-21(20)33-22(19)16-30(4)23(31)12-11-17-13-18-15-28-26(2,3)25(32)29-24(18)27-14-17;1-2/h6-7,9-14,28H,5,8,15-16H2,1-4H3,(H,27,29,32);1-2H3/b12-11+;. The van der Waals surface area contributed by atoms with Crippen LogP contribution in [0.15, 0.2) is 47.0 Å². The highest BCUT2D eigenvalue weighted by Gasteiger charge is 2.30. The average molecular weight is 477 g/mol. The summed E-state index contributed by atoms with van der Waals surface area (Å²) in [5.41, 5.74) is 3.02. The van der Waals surface area contributed by atoms with E-state index in [1.807, 2.05) is 52.0 Å². The number of aryl methyl sites for hydroxylation is 1. The largest absolute Gasteiger partial charge is 0.459 e. The number of para-hydroxylation sites is 1. The third-order valence-electron chi connectivity index (χ3n) is 5.97. The van der Waals surface area contributed by atoms with E-state index in [4.69, 9.17) is 4.42 Å². The summed E-state index contributed by atoms with van der Waals surface area (Å²) < 4.78 is 6.07. The third kappa shape index (κ3) is 5.98. The molecule has 4 rings (SSSR count). The normalized spacial score (nSPS) is 14.6. The molecule has 0 unspecified atom stereocenters. The van der Waals surface area contributed by atoms with Gasteiger partial charge in [-0.05, 0) is 44.0 Å². The van der Waals surface area contributed by atoms with Crippen LogP contribution in [0.25, 0.3) is 17.0 Å². The van der Waals surface area contributed by atoms with Gasteiger partial charge in [-0.3, -0.25) is 14.9 Å². The van der Waals surface area contributed by atoms with Crippen molar-refractivity contribution in [1.82, 2.24) is 15.2 Å². The lowest BCUT2D eigenvalue weighted by atomic mass is 10.1. The Kier molecular flexibility index (Phi) is 8.46. The molecule has 2 amide bonds. The molecule has 0 saturated carbocycles. The van der Waals surface area contributed by atoms with Gasteiger partial charge in [0.1, 0.15) is 17.2 Å². The number of nitrogens with one attached hydrogen (secondary N) is 2. The lowest BCUT2D eigenvalue weighted by molar-refractivity contribution is -0.125. The van der Waals surface area contributed by atoms with Crippen LogP contribution in [-0.4, -0.2) is 34.3 Å². The zero-order valence-corrected chi connectivity index (χ0v) is 21.6. The van der Waals surface area contributed by atoms with E-state index in [1.54, 1.807) is 24.2 Å². The molecule has 0 spiro atoms. The highest BCUT2D eigenvalue weighted by Crippen LogP contribution is 2.28. The monoisotopic (exact) mass is 476 g/mol. The van der Waals surface area contributed by atoms with Gasteiger partial charge in [0.2, 0.25) is 11.8 Å². The van der Waals surface area contributed by atoms with Crippen molar-refractivity contribution in [1.29, 1.82) is 0 Å². The molecule has 186 valence electrons. The predicted octanol–water partition coefficient (Wildman–Crippen LogP) is 5.30. The highest BCUT2D eigenvalue weighted by molar-refractivity contribution is 5.98. The molecule has 1 aromatic carbocycles. The molecule has 0 fully saturated rings. The summed E-state index contributed by atoms with van der Waals surface area (Å²) in [6.07, 6.45) is 6.85. The maximum absolute atomic E-state index is 12.8. The first-order chi connectivity index (χ1) is 16.8. The molecule has 3 heterocycles. The number of pyridine rings is 1. The number of benzene rings is 1. The zero-order valence-electron chi connectivity index (χ0n) is 21.6. The molecule has 2 N–H and O–H groups in total. The van der Waals surface area contributed by atoms with Crippen LogP contribution < -0.4 is 10.6 Å². The quantitative estimate of drug-likeness (QED) is 0.472. The summed E-state index contributed by atoms with van der Waals surface area (Å²) in [5, 5.41) is 7.20. The van der Waals surface area contributed by atoms with Gasteiger partial charge in [-0.15, -0.1) is 0 Å². The van der Waals surface area contributed by atoms with E-state index in [0.29, 0.717) is 18.9 Å². The van der Waals surface area contributed by atoms with Gasteiger partial charge in [0, 0.05) is 42.4 Å². The highest BCUT2D eigenvalue weighted by atomic mass is 16.3. The second kappa shape index (κ2) is 11.3. The molecular weight excluding hydrogens is 440 g/mol. The van der Waals surface area contributed by atoms with Crippen LogP contribution in [0.2, 0.25) is 0 Å². The molecule has 0 saturated heterocycles. The number of fused-ring (bicyclic) bond motifs is 2. The molecule has 0 aliphatic carbocycles. The molecule has 35 heavy (non-hydrogen) atoms. The molecule has 0 radical (unpaired) electrons. The molecule has 7 heteroatoms. The molecule has 3 aromatic rings. The van der Waals surface area contributed by atoms with Crippen LogP contribution in [0.5, 0.6) is 0 Å². The minimum Gasteiger partial charge on any atom is -0.459 e. The van der Waals surface area contributed by atoms with Crippen LogP contribution in [0, 0.1) is 0 Å². The van der Waals surface area contributed by atoms with Crippen molar-refractivity contribution in [2.45, 2.75) is 66.1 Å². The molecule has 7 nitrogen and oxygen atoms in total. The van der Waals surface area contributed by atoms with E-state index < -0.39 is 5.54 Å². The van der Waals surface area contributed by atoms with Gasteiger partial charge < -0.3 is 14.6 Å². The first-order valence-electron chi connectivity index (χ1n) is 12.3. The minimum absolute atomic E-state index is 0.123. The van der Waals surface area contributed by atoms with Crippen molar-refractivity contribution in [3.8, 4) is 0 Å². The first-order valence-corrected chi connectivity index (χ1v) is 12.3. The Bertz CT molecular complexity index is 1230. The van der Waals surface area contributed by atoms with Crippen LogP contribution in [0.3, 0.4) is 0 Å². The minimum atomic E-state index is -0.678. The molecule has 0 bridgehead atoms.